The van der Waals surface area contributed by atoms with E-state index in [1.54, 1.807) is 16.8 Å². The van der Waals surface area contributed by atoms with Gasteiger partial charge in [0.05, 0.1) is 17.1 Å². The lowest BCUT2D eigenvalue weighted by Crippen LogP contribution is -2.02. The van der Waals surface area contributed by atoms with E-state index in [0.29, 0.717) is 11.6 Å². The summed E-state index contributed by atoms with van der Waals surface area (Å²) in [6, 6.07) is 6.73. The molecule has 1 aliphatic rings. The molecule has 0 atom stereocenters. The van der Waals surface area contributed by atoms with Gasteiger partial charge in [-0.1, -0.05) is 6.07 Å². The van der Waals surface area contributed by atoms with Crippen LogP contribution in [-0.4, -0.2) is 9.78 Å². The van der Waals surface area contributed by atoms with Crippen LogP contribution in [0.4, 0.5) is 10.1 Å². The zero-order valence-corrected chi connectivity index (χ0v) is 8.73. The number of nitrogens with two attached hydrogens (primary N) is 1. The molecule has 0 aliphatic heterocycles. The lowest BCUT2D eigenvalue weighted by Gasteiger charge is -2.05. The van der Waals surface area contributed by atoms with Crippen molar-refractivity contribution in [3.8, 4) is 5.69 Å². The number of benzene rings is 1. The van der Waals surface area contributed by atoms with Crippen molar-refractivity contribution in [3.05, 3.63) is 42.0 Å². The second-order valence-corrected chi connectivity index (χ2v) is 4.13. The van der Waals surface area contributed by atoms with Gasteiger partial charge in [0, 0.05) is 12.1 Å². The molecule has 0 bridgehead atoms. The predicted octanol–water partition coefficient (Wildman–Crippen LogP) is 2.47. The Morgan fingerprint density at radius 3 is 2.88 bits per heavy atom. The average Bonchev–Trinajstić information content (AvgIpc) is 3.02. The third-order valence-corrected chi connectivity index (χ3v) is 2.88. The number of hydrogen-bond donors (Lipinski definition) is 1. The number of hydrogen-bond acceptors (Lipinski definition) is 2. The molecule has 1 aliphatic carbocycles. The molecule has 1 heterocycles. The van der Waals surface area contributed by atoms with Crippen molar-refractivity contribution in [2.75, 3.05) is 5.73 Å². The second-order valence-electron chi connectivity index (χ2n) is 4.13. The molecule has 0 saturated heterocycles. The summed E-state index contributed by atoms with van der Waals surface area (Å²) in [7, 11) is 0. The van der Waals surface area contributed by atoms with Gasteiger partial charge in [-0.15, -0.1) is 0 Å². The lowest BCUT2D eigenvalue weighted by molar-refractivity contribution is 0.630. The average molecular weight is 217 g/mol. The maximum atomic E-state index is 13.3. The van der Waals surface area contributed by atoms with Crippen molar-refractivity contribution < 1.29 is 4.39 Å². The van der Waals surface area contributed by atoms with E-state index >= 15 is 0 Å². The van der Waals surface area contributed by atoms with E-state index in [9.17, 15) is 4.39 Å². The molecular formula is C12H12FN3. The molecule has 0 unspecified atom stereocenters. The van der Waals surface area contributed by atoms with Crippen LogP contribution in [0.5, 0.6) is 0 Å². The summed E-state index contributed by atoms with van der Waals surface area (Å²) in [6.07, 6.45) is 4.24. The fraction of sp³-hybridized carbons (Fsp3) is 0.250. The molecule has 0 spiro atoms. The molecule has 2 aromatic rings. The van der Waals surface area contributed by atoms with Gasteiger partial charge in [-0.25, -0.2) is 9.07 Å². The Hall–Kier alpha value is -1.84. The molecule has 16 heavy (non-hydrogen) atoms. The Kier molecular flexibility index (Phi) is 1.96. The first-order valence-corrected chi connectivity index (χ1v) is 5.35. The first-order chi connectivity index (χ1) is 7.75. The summed E-state index contributed by atoms with van der Waals surface area (Å²) in [5, 5.41) is 4.41. The molecule has 0 amide bonds. The molecule has 1 saturated carbocycles. The molecule has 1 aromatic heterocycles. The number of nitrogens with zero attached hydrogens (tertiary/aromatic N) is 2. The van der Waals surface area contributed by atoms with E-state index in [1.807, 2.05) is 12.3 Å². The van der Waals surface area contributed by atoms with Gasteiger partial charge < -0.3 is 5.73 Å². The summed E-state index contributed by atoms with van der Waals surface area (Å²) in [4.78, 5) is 0. The number of rotatable bonds is 2. The molecular weight excluding hydrogens is 205 g/mol. The summed E-state index contributed by atoms with van der Waals surface area (Å²) in [6.45, 7) is 0. The Morgan fingerprint density at radius 2 is 2.12 bits per heavy atom. The molecule has 3 nitrogen and oxygen atoms in total. The highest BCUT2D eigenvalue weighted by molar-refractivity contribution is 5.58. The van der Waals surface area contributed by atoms with Crippen LogP contribution in [0.1, 0.15) is 24.5 Å². The number of halogens is 1. The fourth-order valence-corrected chi connectivity index (χ4v) is 1.79. The first kappa shape index (κ1) is 9.39. The van der Waals surface area contributed by atoms with Crippen LogP contribution < -0.4 is 5.73 Å². The van der Waals surface area contributed by atoms with Crippen LogP contribution in [0, 0.1) is 5.82 Å². The van der Waals surface area contributed by atoms with E-state index in [0.717, 1.165) is 5.69 Å². The van der Waals surface area contributed by atoms with Crippen molar-refractivity contribution in [1.82, 2.24) is 9.78 Å². The minimum atomic E-state index is -0.402. The first-order valence-electron chi connectivity index (χ1n) is 5.35. The van der Waals surface area contributed by atoms with Crippen LogP contribution in [0.2, 0.25) is 0 Å². The van der Waals surface area contributed by atoms with Gasteiger partial charge in [0.15, 0.2) is 0 Å². The van der Waals surface area contributed by atoms with Crippen molar-refractivity contribution in [3.63, 3.8) is 0 Å². The molecule has 1 fully saturated rings. The quantitative estimate of drug-likeness (QED) is 0.785. The largest absolute Gasteiger partial charge is 0.395 e. The van der Waals surface area contributed by atoms with E-state index in [4.69, 9.17) is 5.73 Å². The van der Waals surface area contributed by atoms with Gasteiger partial charge in [0.1, 0.15) is 5.82 Å². The summed E-state index contributed by atoms with van der Waals surface area (Å²) in [5.41, 5.74) is 7.50. The molecule has 4 heteroatoms. The lowest BCUT2D eigenvalue weighted by atomic mass is 10.2. The van der Waals surface area contributed by atoms with Crippen LogP contribution in [0.3, 0.4) is 0 Å². The highest BCUT2D eigenvalue weighted by Gasteiger charge is 2.26. The van der Waals surface area contributed by atoms with Crippen molar-refractivity contribution in [1.29, 1.82) is 0 Å². The topological polar surface area (TPSA) is 43.8 Å². The third kappa shape index (κ3) is 1.46. The normalized spacial score (nSPS) is 15.3. The van der Waals surface area contributed by atoms with E-state index in [1.165, 1.54) is 18.9 Å². The maximum absolute atomic E-state index is 13.3. The Morgan fingerprint density at radius 1 is 1.31 bits per heavy atom. The number of para-hydroxylation sites is 1. The maximum Gasteiger partial charge on any atom is 0.148 e. The van der Waals surface area contributed by atoms with Gasteiger partial charge >= 0.3 is 0 Å². The zero-order valence-electron chi connectivity index (χ0n) is 8.73. The second kappa shape index (κ2) is 3.33. The van der Waals surface area contributed by atoms with E-state index in [2.05, 4.69) is 5.10 Å². The number of nitrogen functional groups attached to an aromatic ring is 1. The molecule has 82 valence electrons. The Bertz CT molecular complexity index is 529. The van der Waals surface area contributed by atoms with Gasteiger partial charge in [-0.05, 0) is 31.0 Å². The van der Waals surface area contributed by atoms with Crippen LogP contribution in [0.25, 0.3) is 5.69 Å². The zero-order chi connectivity index (χ0) is 11.1. The van der Waals surface area contributed by atoms with Crippen molar-refractivity contribution in [2.45, 2.75) is 18.8 Å². The molecule has 2 N–H and O–H groups in total. The predicted molar refractivity (Wildman–Crippen MR) is 59.9 cm³/mol. The minimum absolute atomic E-state index is 0.146. The smallest absolute Gasteiger partial charge is 0.148 e. The van der Waals surface area contributed by atoms with Gasteiger partial charge in [-0.3, -0.25) is 0 Å². The number of anilines is 1. The molecule has 1 aromatic carbocycles. The standard InChI is InChI=1S/C12H12FN3/c13-9-2-1-3-11(12(9)14)16-7-6-10(15-16)8-4-5-8/h1-3,6-8H,4-5,14H2. The van der Waals surface area contributed by atoms with E-state index < -0.39 is 5.82 Å². The van der Waals surface area contributed by atoms with Gasteiger partial charge in [0.25, 0.3) is 0 Å². The van der Waals surface area contributed by atoms with Crippen molar-refractivity contribution in [2.24, 2.45) is 0 Å². The Balaban J connectivity index is 2.03. The monoisotopic (exact) mass is 217 g/mol. The van der Waals surface area contributed by atoms with Crippen LogP contribution in [-0.2, 0) is 0 Å². The Labute approximate surface area is 92.7 Å². The van der Waals surface area contributed by atoms with Crippen LogP contribution >= 0.6 is 0 Å². The summed E-state index contributed by atoms with van der Waals surface area (Å²) >= 11 is 0. The van der Waals surface area contributed by atoms with Gasteiger partial charge in [-0.2, -0.15) is 5.10 Å². The SMILES string of the molecule is Nc1c(F)cccc1-n1ccc(C2CC2)n1. The summed E-state index contributed by atoms with van der Waals surface area (Å²) < 4.78 is 14.9. The van der Waals surface area contributed by atoms with Crippen molar-refractivity contribution >= 4 is 5.69 Å². The summed E-state index contributed by atoms with van der Waals surface area (Å²) in [5.74, 6) is 0.192. The number of aromatic nitrogens is 2. The highest BCUT2D eigenvalue weighted by Crippen LogP contribution is 2.39. The molecule has 3 rings (SSSR count). The minimum Gasteiger partial charge on any atom is -0.395 e. The fourth-order valence-electron chi connectivity index (χ4n) is 1.79. The van der Waals surface area contributed by atoms with Crippen LogP contribution in [0.15, 0.2) is 30.5 Å². The molecule has 0 radical (unpaired) electrons. The van der Waals surface area contributed by atoms with Gasteiger partial charge in [0.2, 0.25) is 0 Å². The third-order valence-electron chi connectivity index (χ3n) is 2.88. The highest BCUT2D eigenvalue weighted by atomic mass is 19.1. The van der Waals surface area contributed by atoms with E-state index in [-0.39, 0.29) is 5.69 Å².